The molecular formula is C13H16FN3. The van der Waals surface area contributed by atoms with Gasteiger partial charge in [0.05, 0.1) is 5.56 Å². The molecule has 2 N–H and O–H groups in total. The lowest BCUT2D eigenvalue weighted by Gasteiger charge is -2.21. The third-order valence-corrected chi connectivity index (χ3v) is 3.05. The number of hydrogen-bond acceptors (Lipinski definition) is 3. The minimum Gasteiger partial charge on any atom is -0.329 e. The van der Waals surface area contributed by atoms with Gasteiger partial charge in [0, 0.05) is 31.2 Å². The average molecular weight is 233 g/mol. The Morgan fingerprint density at radius 1 is 1.47 bits per heavy atom. The molecule has 0 amide bonds. The Hall–Kier alpha value is -1.44. The molecule has 0 radical (unpaired) electrons. The van der Waals surface area contributed by atoms with E-state index in [9.17, 15) is 4.39 Å². The van der Waals surface area contributed by atoms with Crippen LogP contribution in [0.25, 0.3) is 0 Å². The molecule has 0 spiro atoms. The highest BCUT2D eigenvalue weighted by molar-refractivity contribution is 5.35. The summed E-state index contributed by atoms with van der Waals surface area (Å²) in [5.74, 6) is -0.391. The zero-order valence-electron chi connectivity index (χ0n) is 9.69. The van der Waals surface area contributed by atoms with E-state index in [1.165, 1.54) is 18.9 Å². The lowest BCUT2D eigenvalue weighted by atomic mass is 10.1. The van der Waals surface area contributed by atoms with Crippen LogP contribution in [0.15, 0.2) is 18.2 Å². The molecule has 2 rings (SSSR count). The Balaban J connectivity index is 2.14. The van der Waals surface area contributed by atoms with Crippen LogP contribution >= 0.6 is 0 Å². The molecular weight excluding hydrogens is 217 g/mol. The summed E-state index contributed by atoms with van der Waals surface area (Å²) in [5.41, 5.74) is 6.26. The highest BCUT2D eigenvalue weighted by Gasteiger charge is 2.28. The fourth-order valence-electron chi connectivity index (χ4n) is 2.00. The molecule has 1 fully saturated rings. The van der Waals surface area contributed by atoms with Gasteiger partial charge in [-0.3, -0.25) is 4.90 Å². The van der Waals surface area contributed by atoms with E-state index in [0.29, 0.717) is 24.7 Å². The first-order valence-electron chi connectivity index (χ1n) is 5.88. The van der Waals surface area contributed by atoms with Crippen LogP contribution < -0.4 is 5.73 Å². The summed E-state index contributed by atoms with van der Waals surface area (Å²) in [4.78, 5) is 2.19. The van der Waals surface area contributed by atoms with E-state index in [0.717, 1.165) is 6.54 Å². The first-order valence-corrected chi connectivity index (χ1v) is 5.88. The van der Waals surface area contributed by atoms with Crippen molar-refractivity contribution in [2.75, 3.05) is 13.1 Å². The fourth-order valence-corrected chi connectivity index (χ4v) is 2.00. The van der Waals surface area contributed by atoms with Crippen molar-refractivity contribution < 1.29 is 4.39 Å². The fraction of sp³-hybridized carbons (Fsp3) is 0.462. The van der Waals surface area contributed by atoms with Crippen molar-refractivity contribution in [1.29, 1.82) is 5.26 Å². The molecule has 4 heteroatoms. The molecule has 1 aliphatic rings. The quantitative estimate of drug-likeness (QED) is 0.840. The first-order chi connectivity index (χ1) is 8.26. The van der Waals surface area contributed by atoms with Crippen molar-refractivity contribution in [3.63, 3.8) is 0 Å². The number of nitriles is 1. The van der Waals surface area contributed by atoms with E-state index in [4.69, 9.17) is 11.0 Å². The van der Waals surface area contributed by atoms with Crippen LogP contribution in [0.2, 0.25) is 0 Å². The second kappa shape index (κ2) is 5.26. The maximum absolute atomic E-state index is 13.9. The van der Waals surface area contributed by atoms with E-state index in [1.54, 1.807) is 12.1 Å². The SMILES string of the molecule is N#Cc1cccc(CN(CCN)C2CC2)c1F. The smallest absolute Gasteiger partial charge is 0.145 e. The Kier molecular flexibility index (Phi) is 3.72. The van der Waals surface area contributed by atoms with Gasteiger partial charge in [0.2, 0.25) is 0 Å². The summed E-state index contributed by atoms with van der Waals surface area (Å²) in [6.07, 6.45) is 2.33. The second-order valence-electron chi connectivity index (χ2n) is 4.38. The number of nitrogens with zero attached hydrogens (tertiary/aromatic N) is 2. The first kappa shape index (κ1) is 12.0. The van der Waals surface area contributed by atoms with Gasteiger partial charge in [0.1, 0.15) is 11.9 Å². The maximum Gasteiger partial charge on any atom is 0.145 e. The predicted molar refractivity (Wildman–Crippen MR) is 63.6 cm³/mol. The molecule has 1 aromatic rings. The van der Waals surface area contributed by atoms with Gasteiger partial charge in [-0.1, -0.05) is 12.1 Å². The third-order valence-electron chi connectivity index (χ3n) is 3.05. The molecule has 0 heterocycles. The monoisotopic (exact) mass is 233 g/mol. The summed E-state index contributed by atoms with van der Waals surface area (Å²) in [6, 6.07) is 7.38. The topological polar surface area (TPSA) is 53.0 Å². The number of hydrogen-bond donors (Lipinski definition) is 1. The van der Waals surface area contributed by atoms with Crippen molar-refractivity contribution in [1.82, 2.24) is 4.90 Å². The van der Waals surface area contributed by atoms with Crippen molar-refractivity contribution in [2.45, 2.75) is 25.4 Å². The van der Waals surface area contributed by atoms with E-state index in [1.807, 2.05) is 6.07 Å². The van der Waals surface area contributed by atoms with Gasteiger partial charge in [-0.05, 0) is 18.9 Å². The molecule has 1 saturated carbocycles. The van der Waals surface area contributed by atoms with Crippen LogP contribution in [0.3, 0.4) is 0 Å². The normalized spacial score (nSPS) is 14.9. The molecule has 3 nitrogen and oxygen atoms in total. The number of benzene rings is 1. The molecule has 1 aliphatic carbocycles. The summed E-state index contributed by atoms with van der Waals surface area (Å²) in [6.45, 7) is 1.90. The van der Waals surface area contributed by atoms with E-state index in [-0.39, 0.29) is 5.56 Å². The minimum atomic E-state index is -0.391. The molecule has 0 saturated heterocycles. The predicted octanol–water partition coefficient (Wildman–Crippen LogP) is 1.62. The largest absolute Gasteiger partial charge is 0.329 e. The van der Waals surface area contributed by atoms with Crippen molar-refractivity contribution >= 4 is 0 Å². The summed E-state index contributed by atoms with van der Waals surface area (Å²) >= 11 is 0. The van der Waals surface area contributed by atoms with Crippen molar-refractivity contribution in [3.05, 3.63) is 35.1 Å². The highest BCUT2D eigenvalue weighted by atomic mass is 19.1. The summed E-state index contributed by atoms with van der Waals surface area (Å²) in [5, 5.41) is 8.78. The van der Waals surface area contributed by atoms with Crippen LogP contribution in [0.1, 0.15) is 24.0 Å². The lowest BCUT2D eigenvalue weighted by molar-refractivity contribution is 0.258. The standard InChI is InChI=1S/C13H16FN3/c14-13-10(8-16)2-1-3-11(13)9-17(7-6-15)12-4-5-12/h1-3,12H,4-7,9,15H2. The van der Waals surface area contributed by atoms with Crippen LogP contribution in [-0.4, -0.2) is 24.0 Å². The van der Waals surface area contributed by atoms with Crippen molar-refractivity contribution in [2.24, 2.45) is 5.73 Å². The minimum absolute atomic E-state index is 0.117. The van der Waals surface area contributed by atoms with Gasteiger partial charge in [0.25, 0.3) is 0 Å². The molecule has 90 valence electrons. The number of nitrogens with two attached hydrogens (primary N) is 1. The van der Waals surface area contributed by atoms with Gasteiger partial charge >= 0.3 is 0 Å². The van der Waals surface area contributed by atoms with Gasteiger partial charge in [-0.2, -0.15) is 5.26 Å². The maximum atomic E-state index is 13.9. The molecule has 0 bridgehead atoms. The Morgan fingerprint density at radius 3 is 2.82 bits per heavy atom. The molecule has 1 aromatic carbocycles. The van der Waals surface area contributed by atoms with Crippen LogP contribution in [0.5, 0.6) is 0 Å². The number of rotatable bonds is 5. The van der Waals surface area contributed by atoms with E-state index >= 15 is 0 Å². The Labute approximate surface area is 101 Å². The van der Waals surface area contributed by atoms with E-state index in [2.05, 4.69) is 4.90 Å². The number of halogens is 1. The molecule has 0 atom stereocenters. The molecule has 0 aromatic heterocycles. The van der Waals surface area contributed by atoms with Crippen molar-refractivity contribution in [3.8, 4) is 6.07 Å². The van der Waals surface area contributed by atoms with Gasteiger partial charge in [-0.15, -0.1) is 0 Å². The van der Waals surface area contributed by atoms with Crippen LogP contribution in [-0.2, 0) is 6.54 Å². The highest BCUT2D eigenvalue weighted by Crippen LogP contribution is 2.28. The van der Waals surface area contributed by atoms with Crippen LogP contribution in [0.4, 0.5) is 4.39 Å². The van der Waals surface area contributed by atoms with Gasteiger partial charge in [-0.25, -0.2) is 4.39 Å². The van der Waals surface area contributed by atoms with Crippen LogP contribution in [0, 0.1) is 17.1 Å². The average Bonchev–Trinajstić information content (AvgIpc) is 3.15. The Bertz CT molecular complexity index is 435. The summed E-state index contributed by atoms with van der Waals surface area (Å²) in [7, 11) is 0. The molecule has 17 heavy (non-hydrogen) atoms. The van der Waals surface area contributed by atoms with E-state index < -0.39 is 5.82 Å². The second-order valence-corrected chi connectivity index (χ2v) is 4.38. The summed E-state index contributed by atoms with van der Waals surface area (Å²) < 4.78 is 13.9. The third kappa shape index (κ3) is 2.82. The Morgan fingerprint density at radius 2 is 2.24 bits per heavy atom. The lowest BCUT2D eigenvalue weighted by Crippen LogP contribution is -2.31. The zero-order valence-corrected chi connectivity index (χ0v) is 9.69. The van der Waals surface area contributed by atoms with Gasteiger partial charge in [0.15, 0.2) is 0 Å². The molecule has 0 unspecified atom stereocenters. The molecule has 0 aliphatic heterocycles. The van der Waals surface area contributed by atoms with Gasteiger partial charge < -0.3 is 5.73 Å². The zero-order chi connectivity index (χ0) is 12.3.